The van der Waals surface area contributed by atoms with Gasteiger partial charge in [0.05, 0.1) is 16.8 Å². The first-order valence-corrected chi connectivity index (χ1v) is 9.40. The normalized spacial score (nSPS) is 10.8. The fraction of sp³-hybridized carbons (Fsp3) is 0.0435. The summed E-state index contributed by atoms with van der Waals surface area (Å²) in [7, 11) is 0. The predicted molar refractivity (Wildman–Crippen MR) is 116 cm³/mol. The first kappa shape index (κ1) is 18.8. The number of anilines is 2. The molecule has 1 amide bonds. The Morgan fingerprint density at radius 3 is 2.34 bits per heavy atom. The van der Waals surface area contributed by atoms with Crippen LogP contribution in [0.25, 0.3) is 5.52 Å². The number of fused-ring (bicyclic) bond motifs is 1. The molecule has 2 heterocycles. The Hall–Kier alpha value is -3.57. The number of aromatic nitrogens is 1. The molecule has 4 aromatic rings. The zero-order valence-electron chi connectivity index (χ0n) is 15.6. The van der Waals surface area contributed by atoms with Gasteiger partial charge in [-0.3, -0.25) is 9.59 Å². The number of nitrogen functional groups attached to an aromatic ring is 1. The molecular formula is C23H18ClN3O2. The van der Waals surface area contributed by atoms with Gasteiger partial charge in [0.1, 0.15) is 5.69 Å². The van der Waals surface area contributed by atoms with Crippen molar-refractivity contribution in [1.29, 1.82) is 0 Å². The van der Waals surface area contributed by atoms with Gasteiger partial charge in [-0.2, -0.15) is 0 Å². The average Bonchev–Trinajstić information content (AvgIpc) is 3.01. The number of benzene rings is 2. The molecule has 0 aliphatic heterocycles. The quantitative estimate of drug-likeness (QED) is 0.472. The Morgan fingerprint density at radius 2 is 1.66 bits per heavy atom. The van der Waals surface area contributed by atoms with Gasteiger partial charge in [-0.05, 0) is 55.5 Å². The second-order valence-corrected chi connectivity index (χ2v) is 7.19. The number of nitrogens with zero attached hydrogens (tertiary/aromatic N) is 1. The van der Waals surface area contributed by atoms with Gasteiger partial charge in [0.25, 0.3) is 5.91 Å². The highest BCUT2D eigenvalue weighted by molar-refractivity contribution is 6.30. The maximum absolute atomic E-state index is 13.1. The smallest absolute Gasteiger partial charge is 0.259 e. The Balaban J connectivity index is 1.80. The van der Waals surface area contributed by atoms with Crippen LogP contribution in [-0.2, 0) is 0 Å². The van der Waals surface area contributed by atoms with Crippen molar-refractivity contribution in [3.05, 3.63) is 100 Å². The van der Waals surface area contributed by atoms with E-state index in [9.17, 15) is 9.59 Å². The summed E-state index contributed by atoms with van der Waals surface area (Å²) in [6.07, 6.45) is 1.72. The van der Waals surface area contributed by atoms with Crippen molar-refractivity contribution in [3.63, 3.8) is 0 Å². The number of nitrogens with two attached hydrogens (primary N) is 1. The molecule has 0 bridgehead atoms. The van der Waals surface area contributed by atoms with Crippen LogP contribution in [0.4, 0.5) is 11.4 Å². The van der Waals surface area contributed by atoms with E-state index in [0.717, 1.165) is 5.56 Å². The van der Waals surface area contributed by atoms with Crippen LogP contribution in [0.3, 0.4) is 0 Å². The fourth-order valence-electron chi connectivity index (χ4n) is 3.27. The van der Waals surface area contributed by atoms with Gasteiger partial charge in [-0.1, -0.05) is 35.4 Å². The molecule has 0 atom stereocenters. The van der Waals surface area contributed by atoms with Crippen LogP contribution in [0.5, 0.6) is 0 Å². The van der Waals surface area contributed by atoms with Gasteiger partial charge >= 0.3 is 0 Å². The summed E-state index contributed by atoms with van der Waals surface area (Å²) in [6.45, 7) is 1.97. The Morgan fingerprint density at radius 1 is 0.966 bits per heavy atom. The standard InChI is InChI=1S/C23H18ClN3O2/c1-14-5-11-17(12-6-14)26-23(29)19-18-4-2-3-13-27(18)21(20(19)25)22(28)15-7-9-16(24)10-8-15/h2-13H,25H2,1H3,(H,26,29). The molecule has 0 aliphatic rings. The first-order valence-electron chi connectivity index (χ1n) is 9.02. The maximum Gasteiger partial charge on any atom is 0.259 e. The van der Waals surface area contributed by atoms with E-state index in [4.69, 9.17) is 17.3 Å². The zero-order chi connectivity index (χ0) is 20.5. The van der Waals surface area contributed by atoms with Gasteiger partial charge in [-0.15, -0.1) is 0 Å². The number of pyridine rings is 1. The first-order chi connectivity index (χ1) is 14.0. The number of ketones is 1. The van der Waals surface area contributed by atoms with Crippen LogP contribution in [0.1, 0.15) is 32.0 Å². The highest BCUT2D eigenvalue weighted by Crippen LogP contribution is 2.29. The summed E-state index contributed by atoms with van der Waals surface area (Å²) in [4.78, 5) is 26.2. The number of halogens is 1. The summed E-state index contributed by atoms with van der Waals surface area (Å²) in [5, 5.41) is 3.39. The van der Waals surface area contributed by atoms with Gasteiger partial charge in [0.2, 0.25) is 5.78 Å². The van der Waals surface area contributed by atoms with Crippen molar-refractivity contribution < 1.29 is 9.59 Å². The number of rotatable bonds is 4. The third-order valence-electron chi connectivity index (χ3n) is 4.74. The minimum Gasteiger partial charge on any atom is -0.396 e. The van der Waals surface area contributed by atoms with Crippen LogP contribution in [0.15, 0.2) is 72.9 Å². The number of nitrogens with one attached hydrogen (secondary N) is 1. The van der Waals surface area contributed by atoms with Crippen LogP contribution in [-0.4, -0.2) is 16.1 Å². The van der Waals surface area contributed by atoms with Crippen molar-refractivity contribution in [2.75, 3.05) is 11.1 Å². The number of carbonyl (C=O) groups is 2. The van der Waals surface area contributed by atoms with Crippen molar-refractivity contribution in [2.24, 2.45) is 0 Å². The van der Waals surface area contributed by atoms with E-state index >= 15 is 0 Å². The fourth-order valence-corrected chi connectivity index (χ4v) is 3.39. The highest BCUT2D eigenvalue weighted by Gasteiger charge is 2.26. The Labute approximate surface area is 172 Å². The number of hydrogen-bond acceptors (Lipinski definition) is 3. The van der Waals surface area contributed by atoms with E-state index in [2.05, 4.69) is 5.32 Å². The molecule has 29 heavy (non-hydrogen) atoms. The van der Waals surface area contributed by atoms with Crippen LogP contribution >= 0.6 is 11.6 Å². The van der Waals surface area contributed by atoms with Crippen LogP contribution in [0.2, 0.25) is 5.02 Å². The predicted octanol–water partition coefficient (Wildman–Crippen LogP) is 4.97. The molecule has 0 radical (unpaired) electrons. The Kier molecular flexibility index (Phi) is 4.82. The second-order valence-electron chi connectivity index (χ2n) is 6.75. The summed E-state index contributed by atoms with van der Waals surface area (Å²) >= 11 is 5.93. The second kappa shape index (κ2) is 7.45. The highest BCUT2D eigenvalue weighted by atomic mass is 35.5. The third-order valence-corrected chi connectivity index (χ3v) is 4.99. The topological polar surface area (TPSA) is 76.6 Å². The van der Waals surface area contributed by atoms with E-state index in [-0.39, 0.29) is 28.6 Å². The van der Waals surface area contributed by atoms with Crippen LogP contribution in [0, 0.1) is 6.92 Å². The van der Waals surface area contributed by atoms with Crippen molar-refractivity contribution >= 4 is 40.2 Å². The lowest BCUT2D eigenvalue weighted by molar-refractivity contribution is 0.102. The molecule has 2 aromatic carbocycles. The molecule has 5 nitrogen and oxygen atoms in total. The number of hydrogen-bond donors (Lipinski definition) is 2. The molecule has 0 spiro atoms. The summed E-state index contributed by atoms with van der Waals surface area (Å²) < 4.78 is 1.65. The SMILES string of the molecule is Cc1ccc(NC(=O)c2c(N)c(C(=O)c3ccc(Cl)cc3)n3ccccc23)cc1. The molecule has 4 rings (SSSR count). The maximum atomic E-state index is 13.1. The molecular weight excluding hydrogens is 386 g/mol. The van der Waals surface area contributed by atoms with Crippen molar-refractivity contribution in [3.8, 4) is 0 Å². The number of carbonyl (C=O) groups excluding carboxylic acids is 2. The zero-order valence-corrected chi connectivity index (χ0v) is 16.4. The molecule has 2 aromatic heterocycles. The lowest BCUT2D eigenvalue weighted by Gasteiger charge is -2.06. The lowest BCUT2D eigenvalue weighted by Crippen LogP contribution is -2.14. The van der Waals surface area contributed by atoms with E-state index < -0.39 is 0 Å². The van der Waals surface area contributed by atoms with Gasteiger partial charge in [-0.25, -0.2) is 0 Å². The van der Waals surface area contributed by atoms with Gasteiger partial charge < -0.3 is 15.5 Å². The molecule has 0 fully saturated rings. The molecule has 0 aliphatic carbocycles. The van der Waals surface area contributed by atoms with Gasteiger partial charge in [0.15, 0.2) is 0 Å². The van der Waals surface area contributed by atoms with E-state index in [0.29, 0.717) is 21.8 Å². The number of aryl methyl sites for hydroxylation is 1. The lowest BCUT2D eigenvalue weighted by atomic mass is 10.1. The summed E-state index contributed by atoms with van der Waals surface area (Å²) in [6, 6.07) is 19.4. The van der Waals surface area contributed by atoms with E-state index in [1.54, 1.807) is 53.1 Å². The van der Waals surface area contributed by atoms with Gasteiger partial charge in [0, 0.05) is 22.5 Å². The average molecular weight is 404 g/mol. The van der Waals surface area contributed by atoms with E-state index in [1.807, 2.05) is 31.2 Å². The summed E-state index contributed by atoms with van der Waals surface area (Å²) in [5.41, 5.74) is 9.73. The van der Waals surface area contributed by atoms with Crippen molar-refractivity contribution in [2.45, 2.75) is 6.92 Å². The number of amides is 1. The van der Waals surface area contributed by atoms with Crippen molar-refractivity contribution in [1.82, 2.24) is 4.40 Å². The minimum atomic E-state index is -0.370. The summed E-state index contributed by atoms with van der Waals surface area (Å²) in [5.74, 6) is -0.653. The monoisotopic (exact) mass is 403 g/mol. The largest absolute Gasteiger partial charge is 0.396 e. The molecule has 6 heteroatoms. The molecule has 0 unspecified atom stereocenters. The van der Waals surface area contributed by atoms with Crippen LogP contribution < -0.4 is 11.1 Å². The third kappa shape index (κ3) is 3.48. The Bertz CT molecular complexity index is 1230. The molecule has 3 N–H and O–H groups in total. The molecule has 0 saturated carbocycles. The molecule has 0 saturated heterocycles. The van der Waals surface area contributed by atoms with E-state index in [1.165, 1.54) is 0 Å². The molecule has 144 valence electrons. The minimum absolute atomic E-state index is 0.140.